The molecule has 1 N–H and O–H groups in total. The zero-order valence-corrected chi connectivity index (χ0v) is 19.7. The second-order valence-electron chi connectivity index (χ2n) is 9.32. The predicted octanol–water partition coefficient (Wildman–Crippen LogP) is 5.50. The van der Waals surface area contributed by atoms with Crippen LogP contribution in [0.15, 0.2) is 36.4 Å². The smallest absolute Gasteiger partial charge is 0.119 e. The van der Waals surface area contributed by atoms with Gasteiger partial charge in [-0.25, -0.2) is 0 Å². The van der Waals surface area contributed by atoms with Crippen LogP contribution in [-0.4, -0.2) is 52.9 Å². The van der Waals surface area contributed by atoms with Crippen molar-refractivity contribution in [3.05, 3.63) is 42.0 Å². The normalized spacial score (nSPS) is 25.8. The molecular formula is C24H33NO2S2. The molecule has 0 amide bonds. The van der Waals surface area contributed by atoms with Crippen LogP contribution in [0.25, 0.3) is 10.8 Å². The van der Waals surface area contributed by atoms with Crippen LogP contribution in [0.4, 0.5) is 0 Å². The molecule has 1 atom stereocenters. The van der Waals surface area contributed by atoms with Gasteiger partial charge in [0.2, 0.25) is 0 Å². The fraction of sp³-hybridized carbons (Fsp3) is 0.583. The quantitative estimate of drug-likeness (QED) is 0.694. The highest BCUT2D eigenvalue weighted by atomic mass is 32.2. The van der Waals surface area contributed by atoms with Crippen LogP contribution in [-0.2, 0) is 4.08 Å². The SMILES string of the molecule is COc1ccc2cc(C3(C4(O)CCCN(C(C)(C)C)C4)SCCCS3)ccc2c1. The number of aliphatic hydroxyl groups is 1. The Kier molecular flexibility index (Phi) is 5.88. The fourth-order valence-electron chi connectivity index (χ4n) is 4.67. The molecule has 0 aliphatic carbocycles. The maximum Gasteiger partial charge on any atom is 0.119 e. The second kappa shape index (κ2) is 7.99. The highest BCUT2D eigenvalue weighted by Crippen LogP contribution is 2.59. The molecule has 5 heteroatoms. The molecule has 3 nitrogen and oxygen atoms in total. The summed E-state index contributed by atoms with van der Waals surface area (Å²) in [7, 11) is 1.71. The minimum absolute atomic E-state index is 0.0690. The molecule has 0 radical (unpaired) electrons. The summed E-state index contributed by atoms with van der Waals surface area (Å²) in [6, 6.07) is 13.0. The maximum absolute atomic E-state index is 12.2. The first-order valence-corrected chi connectivity index (χ1v) is 12.6. The molecule has 2 aliphatic rings. The molecule has 4 rings (SSSR count). The van der Waals surface area contributed by atoms with E-state index in [1.807, 2.05) is 29.6 Å². The first-order chi connectivity index (χ1) is 13.8. The molecule has 0 saturated carbocycles. The minimum Gasteiger partial charge on any atom is -0.497 e. The molecule has 2 aromatic carbocycles. The van der Waals surface area contributed by atoms with E-state index in [1.165, 1.54) is 22.8 Å². The van der Waals surface area contributed by atoms with E-state index in [-0.39, 0.29) is 9.62 Å². The van der Waals surface area contributed by atoms with Gasteiger partial charge in [-0.15, -0.1) is 23.5 Å². The van der Waals surface area contributed by atoms with E-state index in [9.17, 15) is 5.11 Å². The van der Waals surface area contributed by atoms with E-state index < -0.39 is 5.60 Å². The molecule has 1 unspecified atom stereocenters. The monoisotopic (exact) mass is 431 g/mol. The number of ether oxygens (including phenoxy) is 1. The number of fused-ring (bicyclic) bond motifs is 1. The summed E-state index contributed by atoms with van der Waals surface area (Å²) in [4.78, 5) is 2.47. The lowest BCUT2D eigenvalue weighted by atomic mass is 9.83. The number of thioether (sulfide) groups is 2. The number of benzene rings is 2. The van der Waals surface area contributed by atoms with Gasteiger partial charge in [-0.3, -0.25) is 4.90 Å². The standard InChI is InChI=1S/C24H33NO2S2/c1-22(2,3)25-12-5-11-23(26,17-25)24(28-13-6-14-29-24)20-9-7-19-16-21(27-4)10-8-18(19)15-20/h7-10,15-16,26H,5-6,11-14,17H2,1-4H3. The van der Waals surface area contributed by atoms with Gasteiger partial charge in [-0.05, 0) is 92.6 Å². The van der Waals surface area contributed by atoms with E-state index in [1.54, 1.807) is 7.11 Å². The largest absolute Gasteiger partial charge is 0.497 e. The number of hydrogen-bond acceptors (Lipinski definition) is 5. The summed E-state index contributed by atoms with van der Waals surface area (Å²) in [6.45, 7) is 8.58. The first-order valence-electron chi connectivity index (χ1n) is 10.6. The molecular weight excluding hydrogens is 398 g/mol. The summed E-state index contributed by atoms with van der Waals surface area (Å²) >= 11 is 3.92. The molecule has 0 bridgehead atoms. The molecule has 0 aromatic heterocycles. The van der Waals surface area contributed by atoms with Crippen LogP contribution in [0.5, 0.6) is 5.75 Å². The summed E-state index contributed by atoms with van der Waals surface area (Å²) < 4.78 is 5.07. The van der Waals surface area contributed by atoms with Gasteiger partial charge in [0, 0.05) is 12.1 Å². The number of piperidine rings is 1. The van der Waals surface area contributed by atoms with Crippen LogP contribution in [0, 0.1) is 0 Å². The highest BCUT2D eigenvalue weighted by Gasteiger charge is 2.55. The molecule has 2 saturated heterocycles. The average Bonchev–Trinajstić information content (AvgIpc) is 2.72. The number of nitrogens with zero attached hydrogens (tertiary/aromatic N) is 1. The summed E-state index contributed by atoms with van der Waals surface area (Å²) in [6.07, 6.45) is 3.11. The van der Waals surface area contributed by atoms with Crippen molar-refractivity contribution < 1.29 is 9.84 Å². The Hall–Kier alpha value is -0.880. The third kappa shape index (κ3) is 3.91. The summed E-state index contributed by atoms with van der Waals surface area (Å²) in [5, 5.41) is 14.6. The van der Waals surface area contributed by atoms with Crippen LogP contribution in [0.3, 0.4) is 0 Å². The molecule has 158 valence electrons. The van der Waals surface area contributed by atoms with E-state index in [4.69, 9.17) is 4.74 Å². The number of methoxy groups -OCH3 is 1. The molecule has 2 fully saturated rings. The first kappa shape index (κ1) is 21.4. The Morgan fingerprint density at radius 1 is 1.00 bits per heavy atom. The van der Waals surface area contributed by atoms with Crippen molar-refractivity contribution in [3.8, 4) is 5.75 Å². The van der Waals surface area contributed by atoms with Crippen molar-refractivity contribution in [1.82, 2.24) is 4.90 Å². The van der Waals surface area contributed by atoms with Gasteiger partial charge in [-0.2, -0.15) is 0 Å². The zero-order valence-electron chi connectivity index (χ0n) is 18.0. The molecule has 2 aliphatic heterocycles. The number of rotatable bonds is 3. The Morgan fingerprint density at radius 2 is 1.69 bits per heavy atom. The zero-order chi connectivity index (χ0) is 20.7. The number of β-amino-alcohol motifs (C(OH)–C–C–N with tert-alkyl or cyclic N) is 1. The van der Waals surface area contributed by atoms with Gasteiger partial charge in [0.1, 0.15) is 15.4 Å². The van der Waals surface area contributed by atoms with Crippen molar-refractivity contribution in [2.75, 3.05) is 31.7 Å². The summed E-state index contributed by atoms with van der Waals surface area (Å²) in [5.74, 6) is 3.09. The topological polar surface area (TPSA) is 32.7 Å². The van der Waals surface area contributed by atoms with Gasteiger partial charge >= 0.3 is 0 Å². The van der Waals surface area contributed by atoms with Crippen molar-refractivity contribution in [2.24, 2.45) is 0 Å². The Morgan fingerprint density at radius 3 is 2.38 bits per heavy atom. The van der Waals surface area contributed by atoms with Crippen molar-refractivity contribution in [3.63, 3.8) is 0 Å². The van der Waals surface area contributed by atoms with Gasteiger partial charge in [0.15, 0.2) is 0 Å². The van der Waals surface area contributed by atoms with Crippen LogP contribution < -0.4 is 4.74 Å². The fourth-order valence-corrected chi connectivity index (χ4v) is 8.30. The molecule has 2 aromatic rings. The Balaban J connectivity index is 1.78. The lowest BCUT2D eigenvalue weighted by molar-refractivity contribution is -0.0655. The number of hydrogen-bond donors (Lipinski definition) is 1. The third-order valence-corrected chi connectivity index (χ3v) is 10.1. The lowest BCUT2D eigenvalue weighted by Crippen LogP contribution is -2.62. The Bertz CT molecular complexity index is 873. The van der Waals surface area contributed by atoms with Gasteiger partial charge in [0.25, 0.3) is 0 Å². The molecule has 2 heterocycles. The molecule has 29 heavy (non-hydrogen) atoms. The predicted molar refractivity (Wildman–Crippen MR) is 127 cm³/mol. The van der Waals surface area contributed by atoms with Crippen LogP contribution in [0.1, 0.15) is 45.6 Å². The van der Waals surface area contributed by atoms with E-state index in [0.717, 1.165) is 43.2 Å². The van der Waals surface area contributed by atoms with Gasteiger partial charge < -0.3 is 9.84 Å². The van der Waals surface area contributed by atoms with E-state index >= 15 is 0 Å². The maximum atomic E-state index is 12.2. The van der Waals surface area contributed by atoms with Gasteiger partial charge in [0.05, 0.1) is 7.11 Å². The minimum atomic E-state index is -0.742. The van der Waals surface area contributed by atoms with Crippen molar-refractivity contribution in [2.45, 2.75) is 55.3 Å². The van der Waals surface area contributed by atoms with Crippen molar-refractivity contribution >= 4 is 34.3 Å². The molecule has 0 spiro atoms. The highest BCUT2D eigenvalue weighted by molar-refractivity contribution is 8.18. The van der Waals surface area contributed by atoms with E-state index in [2.05, 4.69) is 56.0 Å². The summed E-state index contributed by atoms with van der Waals surface area (Å²) in [5.41, 5.74) is 0.580. The van der Waals surface area contributed by atoms with Crippen LogP contribution >= 0.6 is 23.5 Å². The average molecular weight is 432 g/mol. The van der Waals surface area contributed by atoms with E-state index in [0.29, 0.717) is 0 Å². The second-order valence-corrected chi connectivity index (χ2v) is 12.2. The van der Waals surface area contributed by atoms with Crippen LogP contribution in [0.2, 0.25) is 0 Å². The van der Waals surface area contributed by atoms with Gasteiger partial charge in [-0.1, -0.05) is 18.2 Å². The lowest BCUT2D eigenvalue weighted by Gasteiger charge is -2.54. The number of likely N-dealkylation sites (tertiary alicyclic amines) is 1. The third-order valence-electron chi connectivity index (χ3n) is 6.36. The Labute approximate surface area is 183 Å². The van der Waals surface area contributed by atoms with Crippen molar-refractivity contribution in [1.29, 1.82) is 0 Å².